The molecule has 2 aliphatic heterocycles. The molecule has 0 spiro atoms. The molecular weight excluding hydrogens is 354 g/mol. The highest BCUT2D eigenvalue weighted by Crippen LogP contribution is 2.36. The molecule has 2 aromatic carbocycles. The third-order valence-corrected chi connectivity index (χ3v) is 6.52. The van der Waals surface area contributed by atoms with Crippen LogP contribution in [0.15, 0.2) is 59.5 Å². The summed E-state index contributed by atoms with van der Waals surface area (Å²) in [5.74, 6) is 0. The molecule has 0 saturated carbocycles. The summed E-state index contributed by atoms with van der Waals surface area (Å²) < 4.78 is 0. The van der Waals surface area contributed by atoms with E-state index in [4.69, 9.17) is 0 Å². The monoisotopic (exact) mass is 381 g/mol. The van der Waals surface area contributed by atoms with Crippen molar-refractivity contribution < 1.29 is 4.79 Å². The summed E-state index contributed by atoms with van der Waals surface area (Å²) in [4.78, 5) is 16.2. The number of carbonyl (C=O) groups excluding carboxylic acids is 1. The van der Waals surface area contributed by atoms with Crippen LogP contribution in [0.3, 0.4) is 0 Å². The highest BCUT2D eigenvalue weighted by molar-refractivity contribution is 7.98. The van der Waals surface area contributed by atoms with Gasteiger partial charge in [0.15, 0.2) is 0 Å². The highest BCUT2D eigenvalue weighted by atomic mass is 32.2. The predicted octanol–water partition coefficient (Wildman–Crippen LogP) is 4.73. The molecule has 142 valence electrons. The molecule has 2 N–H and O–H groups in total. The van der Waals surface area contributed by atoms with Crippen molar-refractivity contribution in [3.8, 4) is 0 Å². The molecule has 2 bridgehead atoms. The largest absolute Gasteiger partial charge is 0.335 e. The zero-order valence-corrected chi connectivity index (χ0v) is 16.5. The predicted molar refractivity (Wildman–Crippen MR) is 112 cm³/mol. The van der Waals surface area contributed by atoms with Gasteiger partial charge in [-0.1, -0.05) is 30.3 Å². The summed E-state index contributed by atoms with van der Waals surface area (Å²) in [6.45, 7) is 1.02. The molecule has 2 amide bonds. The number of hydrogen-bond acceptors (Lipinski definition) is 3. The number of nitrogens with one attached hydrogen (secondary N) is 2. The van der Waals surface area contributed by atoms with Gasteiger partial charge in [0.25, 0.3) is 0 Å². The lowest BCUT2D eigenvalue weighted by molar-refractivity contribution is 0.112. The maximum absolute atomic E-state index is 12.4. The van der Waals surface area contributed by atoms with E-state index in [9.17, 15) is 4.79 Å². The lowest BCUT2D eigenvalue weighted by Crippen LogP contribution is -2.50. The van der Waals surface area contributed by atoms with Crippen LogP contribution in [0.4, 0.5) is 10.5 Å². The molecule has 0 aromatic heterocycles. The van der Waals surface area contributed by atoms with Crippen LogP contribution in [0.2, 0.25) is 0 Å². The Balaban J connectivity index is 1.31. The zero-order chi connectivity index (χ0) is 18.6. The van der Waals surface area contributed by atoms with E-state index in [0.29, 0.717) is 12.1 Å². The smallest absolute Gasteiger partial charge is 0.319 e. The number of piperidine rings is 1. The molecule has 2 saturated heterocycles. The van der Waals surface area contributed by atoms with E-state index in [-0.39, 0.29) is 12.1 Å². The molecule has 0 aliphatic carbocycles. The third kappa shape index (κ3) is 4.47. The number of rotatable bonds is 5. The average molecular weight is 382 g/mol. The van der Waals surface area contributed by atoms with Gasteiger partial charge in [0.05, 0.1) is 0 Å². The molecule has 0 unspecified atom stereocenters. The van der Waals surface area contributed by atoms with Crippen LogP contribution < -0.4 is 10.6 Å². The van der Waals surface area contributed by atoms with Crippen molar-refractivity contribution >= 4 is 23.5 Å². The number of nitrogens with zero attached hydrogens (tertiary/aromatic N) is 1. The molecule has 2 fully saturated rings. The molecule has 4 rings (SSSR count). The average Bonchev–Trinajstić information content (AvgIpc) is 2.91. The number of thioether (sulfide) groups is 1. The van der Waals surface area contributed by atoms with Gasteiger partial charge in [-0.2, -0.15) is 0 Å². The van der Waals surface area contributed by atoms with Crippen molar-refractivity contribution in [1.82, 2.24) is 10.2 Å². The second-order valence-corrected chi connectivity index (χ2v) is 8.42. The van der Waals surface area contributed by atoms with Crippen molar-refractivity contribution in [2.24, 2.45) is 0 Å². The Hall–Kier alpha value is -1.98. The van der Waals surface area contributed by atoms with Crippen LogP contribution in [-0.4, -0.2) is 35.3 Å². The first-order chi connectivity index (χ1) is 13.2. The first kappa shape index (κ1) is 18.4. The summed E-state index contributed by atoms with van der Waals surface area (Å²) in [5.41, 5.74) is 2.22. The lowest BCUT2D eigenvalue weighted by atomic mass is 9.96. The van der Waals surface area contributed by atoms with Crippen LogP contribution in [0.5, 0.6) is 0 Å². The van der Waals surface area contributed by atoms with Gasteiger partial charge in [-0.15, -0.1) is 11.8 Å². The molecule has 2 atom stereocenters. The molecule has 2 heterocycles. The standard InChI is InChI=1S/C22H27N3OS/c1-27-21-11-7-17(8-12-21)23-22(26)24-18-13-19-9-10-20(14-18)25(19)15-16-5-3-2-4-6-16/h2-8,11-12,18-20H,9-10,13-15H2,1H3,(H2,23,24,26)/t19-,20-/m0/s1. The Morgan fingerprint density at radius 3 is 2.33 bits per heavy atom. The van der Waals surface area contributed by atoms with E-state index in [1.54, 1.807) is 11.8 Å². The van der Waals surface area contributed by atoms with Gasteiger partial charge in [0.2, 0.25) is 0 Å². The van der Waals surface area contributed by atoms with Gasteiger partial charge in [-0.3, -0.25) is 4.90 Å². The van der Waals surface area contributed by atoms with E-state index in [1.165, 1.54) is 23.3 Å². The summed E-state index contributed by atoms with van der Waals surface area (Å²) in [5, 5.41) is 6.17. The Morgan fingerprint density at radius 2 is 1.70 bits per heavy atom. The molecule has 0 radical (unpaired) electrons. The van der Waals surface area contributed by atoms with Gasteiger partial charge >= 0.3 is 6.03 Å². The number of anilines is 1. The summed E-state index contributed by atoms with van der Waals surface area (Å²) in [7, 11) is 0. The Labute approximate surface area is 165 Å². The number of urea groups is 1. The van der Waals surface area contributed by atoms with Crippen molar-refractivity contribution in [2.45, 2.75) is 55.2 Å². The quantitative estimate of drug-likeness (QED) is 0.736. The van der Waals surface area contributed by atoms with Gasteiger partial charge < -0.3 is 10.6 Å². The van der Waals surface area contributed by atoms with E-state index in [2.05, 4.69) is 45.9 Å². The second kappa shape index (κ2) is 8.36. The van der Waals surface area contributed by atoms with Gasteiger partial charge in [0.1, 0.15) is 0 Å². The summed E-state index contributed by atoms with van der Waals surface area (Å²) in [6.07, 6.45) is 6.62. The fourth-order valence-electron chi connectivity index (χ4n) is 4.47. The van der Waals surface area contributed by atoms with Crippen LogP contribution in [-0.2, 0) is 6.54 Å². The molecule has 2 aromatic rings. The zero-order valence-electron chi connectivity index (χ0n) is 15.7. The maximum Gasteiger partial charge on any atom is 0.319 e. The minimum atomic E-state index is -0.0900. The van der Waals surface area contributed by atoms with Crippen LogP contribution in [0.1, 0.15) is 31.2 Å². The first-order valence-electron chi connectivity index (χ1n) is 9.72. The molecule has 4 nitrogen and oxygen atoms in total. The van der Waals surface area contributed by atoms with Gasteiger partial charge in [-0.25, -0.2) is 4.79 Å². The highest BCUT2D eigenvalue weighted by Gasteiger charge is 2.40. The normalized spacial score (nSPS) is 24.6. The third-order valence-electron chi connectivity index (χ3n) is 5.78. The van der Waals surface area contributed by atoms with Crippen LogP contribution >= 0.6 is 11.8 Å². The van der Waals surface area contributed by atoms with Gasteiger partial charge in [-0.05, 0) is 61.8 Å². The van der Waals surface area contributed by atoms with Crippen molar-refractivity contribution in [3.05, 3.63) is 60.2 Å². The van der Waals surface area contributed by atoms with Crippen LogP contribution in [0.25, 0.3) is 0 Å². The lowest BCUT2D eigenvalue weighted by Gasteiger charge is -2.39. The number of amides is 2. The van der Waals surface area contributed by atoms with Gasteiger partial charge in [0, 0.05) is 35.3 Å². The fraction of sp³-hybridized carbons (Fsp3) is 0.409. The Kier molecular flexibility index (Phi) is 5.69. The minimum Gasteiger partial charge on any atom is -0.335 e. The summed E-state index contributed by atoms with van der Waals surface area (Å²) in [6, 6.07) is 20.0. The van der Waals surface area contributed by atoms with Crippen LogP contribution in [0, 0.1) is 0 Å². The second-order valence-electron chi connectivity index (χ2n) is 7.54. The Bertz CT molecular complexity index is 751. The number of carbonyl (C=O) groups is 1. The van der Waals surface area contributed by atoms with E-state index in [1.807, 2.05) is 30.5 Å². The Morgan fingerprint density at radius 1 is 1.04 bits per heavy atom. The van der Waals surface area contributed by atoms with E-state index >= 15 is 0 Å². The molecule has 2 aliphatic rings. The maximum atomic E-state index is 12.4. The topological polar surface area (TPSA) is 44.4 Å². The minimum absolute atomic E-state index is 0.0900. The van der Waals surface area contributed by atoms with E-state index in [0.717, 1.165) is 25.1 Å². The van der Waals surface area contributed by atoms with Crippen molar-refractivity contribution in [2.75, 3.05) is 11.6 Å². The molecule has 27 heavy (non-hydrogen) atoms. The molecule has 5 heteroatoms. The van der Waals surface area contributed by atoms with E-state index < -0.39 is 0 Å². The number of benzene rings is 2. The molecular formula is C22H27N3OS. The number of fused-ring (bicyclic) bond motifs is 2. The SMILES string of the molecule is CSc1ccc(NC(=O)NC2C[C@@H]3CC[C@@H](C2)N3Cc2ccccc2)cc1. The van der Waals surface area contributed by atoms with Crippen molar-refractivity contribution in [1.29, 1.82) is 0 Å². The fourth-order valence-corrected chi connectivity index (χ4v) is 4.88. The summed E-state index contributed by atoms with van der Waals surface area (Å²) >= 11 is 1.70. The number of hydrogen-bond donors (Lipinski definition) is 2. The first-order valence-corrected chi connectivity index (χ1v) is 10.9. The van der Waals surface area contributed by atoms with Crippen molar-refractivity contribution in [3.63, 3.8) is 0 Å².